The Bertz CT molecular complexity index is 1610. The van der Waals surface area contributed by atoms with Crippen molar-refractivity contribution in [2.75, 3.05) is 0 Å². The zero-order chi connectivity index (χ0) is 29.8. The largest absolute Gasteiger partial charge is 0.444 e. The van der Waals surface area contributed by atoms with E-state index in [-0.39, 0.29) is 11.5 Å². The number of hydrogen-bond acceptors (Lipinski definition) is 4. The van der Waals surface area contributed by atoms with Crippen LogP contribution in [0.25, 0.3) is 5.69 Å². The molecule has 4 aromatic rings. The van der Waals surface area contributed by atoms with Crippen LogP contribution in [0.2, 0.25) is 0 Å². The molecule has 216 valence electrons. The van der Waals surface area contributed by atoms with Crippen LogP contribution < -0.4 is 0 Å². The minimum atomic E-state index is -1.53. The minimum absolute atomic E-state index is 0.265. The van der Waals surface area contributed by atoms with E-state index < -0.39 is 29.9 Å². The molecule has 2 aliphatic heterocycles. The van der Waals surface area contributed by atoms with Crippen LogP contribution in [0.1, 0.15) is 79.3 Å². The zero-order valence-electron chi connectivity index (χ0n) is 24.4. The number of ether oxygens (including phenoxy) is 1. The van der Waals surface area contributed by atoms with Gasteiger partial charge in [-0.25, -0.2) is 23.2 Å². The van der Waals surface area contributed by atoms with Gasteiger partial charge < -0.3 is 4.74 Å². The number of amides is 1. The number of hydrogen-bond donors (Lipinski definition) is 0. The number of nitrogens with zero attached hydrogens (tertiary/aromatic N) is 4. The first-order valence-electron chi connectivity index (χ1n) is 14.3. The van der Waals surface area contributed by atoms with Crippen LogP contribution in [0.5, 0.6) is 0 Å². The second-order valence-electron chi connectivity index (χ2n) is 12.1. The molecule has 8 heteroatoms. The maximum atomic E-state index is 16.4. The SMILES string of the molecule is Cc1cc(-n2nc3c(c2N=C(c2ccccc2)c2ccccc2)C2CCC([C@@H]3F)N2C(=O)OC(C)(C)C)cc(C)c1F. The van der Waals surface area contributed by atoms with Gasteiger partial charge in [-0.2, -0.15) is 5.10 Å². The molecule has 0 radical (unpaired) electrons. The van der Waals surface area contributed by atoms with Gasteiger partial charge in [-0.05, 0) is 70.7 Å². The van der Waals surface area contributed by atoms with E-state index in [1.165, 1.54) is 4.90 Å². The quantitative estimate of drug-likeness (QED) is 0.233. The number of rotatable bonds is 4. The fraction of sp³-hybridized carbons (Fsp3) is 0.324. The molecule has 6 nitrogen and oxygen atoms in total. The Kier molecular flexibility index (Phi) is 6.95. The number of carbonyl (C=O) groups excluding carboxylic acids is 1. The zero-order valence-corrected chi connectivity index (χ0v) is 24.4. The third-order valence-electron chi connectivity index (χ3n) is 7.87. The number of aliphatic imine (C=N–C) groups is 1. The van der Waals surface area contributed by atoms with Gasteiger partial charge in [0.05, 0.1) is 23.5 Å². The molecule has 2 bridgehead atoms. The molecular weight excluding hydrogens is 534 g/mol. The molecule has 0 aliphatic carbocycles. The molecule has 3 heterocycles. The van der Waals surface area contributed by atoms with E-state index in [2.05, 4.69) is 0 Å². The smallest absolute Gasteiger partial charge is 0.411 e. The monoisotopic (exact) mass is 568 g/mol. The molecule has 1 saturated heterocycles. The lowest BCUT2D eigenvalue weighted by atomic mass is 9.97. The Morgan fingerprint density at radius 3 is 2.07 bits per heavy atom. The Balaban J connectivity index is 1.62. The second kappa shape index (κ2) is 10.5. The van der Waals surface area contributed by atoms with Gasteiger partial charge in [0.2, 0.25) is 0 Å². The molecule has 6 rings (SSSR count). The molecule has 0 saturated carbocycles. The number of aromatic nitrogens is 2. The lowest BCUT2D eigenvalue weighted by Crippen LogP contribution is -2.45. The van der Waals surface area contributed by atoms with Crippen molar-refractivity contribution >= 4 is 17.6 Å². The van der Waals surface area contributed by atoms with Crippen molar-refractivity contribution in [3.63, 3.8) is 0 Å². The van der Waals surface area contributed by atoms with Crippen molar-refractivity contribution in [2.45, 2.75) is 71.3 Å². The normalized spacial score (nSPS) is 19.4. The van der Waals surface area contributed by atoms with E-state index in [0.717, 1.165) is 11.1 Å². The number of aryl methyl sites for hydroxylation is 2. The van der Waals surface area contributed by atoms with Crippen LogP contribution in [-0.2, 0) is 4.74 Å². The van der Waals surface area contributed by atoms with Crippen LogP contribution in [0.3, 0.4) is 0 Å². The van der Waals surface area contributed by atoms with Gasteiger partial charge in [-0.1, -0.05) is 60.7 Å². The lowest BCUT2D eigenvalue weighted by molar-refractivity contribution is 0.00113. The standard InChI is InChI=1S/C34H34F2N4O2/c1-20-18-24(19-21(2)28(20)35)40-32(37-30(22-12-8-6-9-13-22)23-14-10-7-11-15-23)27-25-16-17-26(29(36)31(27)38-40)39(25)33(41)42-34(3,4)5/h6-15,18-19,25-26,29H,16-17H2,1-5H3/t25?,26?,29-/m0/s1. The Morgan fingerprint density at radius 2 is 1.52 bits per heavy atom. The average Bonchev–Trinajstić information content (AvgIpc) is 3.53. The summed E-state index contributed by atoms with van der Waals surface area (Å²) in [5.74, 6) is 0.119. The molecule has 42 heavy (non-hydrogen) atoms. The highest BCUT2D eigenvalue weighted by Crippen LogP contribution is 2.53. The van der Waals surface area contributed by atoms with Crippen molar-refractivity contribution in [1.29, 1.82) is 0 Å². The summed E-state index contributed by atoms with van der Waals surface area (Å²) >= 11 is 0. The van der Waals surface area contributed by atoms with Crippen LogP contribution >= 0.6 is 0 Å². The fourth-order valence-corrected chi connectivity index (χ4v) is 6.06. The summed E-state index contributed by atoms with van der Waals surface area (Å²) in [4.78, 5) is 20.2. The van der Waals surface area contributed by atoms with E-state index in [9.17, 15) is 9.18 Å². The molecule has 3 aromatic carbocycles. The van der Waals surface area contributed by atoms with E-state index in [1.807, 2.05) is 60.7 Å². The van der Waals surface area contributed by atoms with Crippen molar-refractivity contribution in [3.05, 3.63) is 112 Å². The maximum Gasteiger partial charge on any atom is 0.411 e. The number of fused-ring (bicyclic) bond motifs is 4. The number of carbonyl (C=O) groups is 1. The number of alkyl halides is 1. The first kappa shape index (κ1) is 27.8. The van der Waals surface area contributed by atoms with E-state index in [1.54, 1.807) is 51.4 Å². The summed E-state index contributed by atoms with van der Waals surface area (Å²) < 4.78 is 38.4. The van der Waals surface area contributed by atoms with Crippen LogP contribution in [0.4, 0.5) is 19.4 Å². The topological polar surface area (TPSA) is 59.7 Å². The highest BCUT2D eigenvalue weighted by Gasteiger charge is 2.52. The van der Waals surface area contributed by atoms with Crippen LogP contribution in [-0.4, -0.2) is 38.1 Å². The third-order valence-corrected chi connectivity index (χ3v) is 7.87. The molecule has 0 spiro atoms. The summed E-state index contributed by atoms with van der Waals surface area (Å²) in [6.45, 7) is 8.79. The summed E-state index contributed by atoms with van der Waals surface area (Å²) in [5.41, 5.74) is 4.00. The van der Waals surface area contributed by atoms with Crippen LogP contribution in [0.15, 0.2) is 77.8 Å². The van der Waals surface area contributed by atoms with Crippen molar-refractivity contribution in [1.82, 2.24) is 14.7 Å². The second-order valence-corrected chi connectivity index (χ2v) is 12.1. The Morgan fingerprint density at radius 1 is 0.952 bits per heavy atom. The number of benzene rings is 3. The van der Waals surface area contributed by atoms with Gasteiger partial charge in [0.1, 0.15) is 17.1 Å². The Hall–Kier alpha value is -4.33. The van der Waals surface area contributed by atoms with Crippen molar-refractivity contribution in [3.8, 4) is 5.69 Å². The predicted octanol–water partition coefficient (Wildman–Crippen LogP) is 8.26. The fourth-order valence-electron chi connectivity index (χ4n) is 6.06. The van der Waals surface area contributed by atoms with Gasteiger partial charge in [-0.15, -0.1) is 0 Å². The molecule has 2 unspecified atom stereocenters. The molecule has 0 N–H and O–H groups in total. The summed E-state index contributed by atoms with van der Waals surface area (Å²) in [6, 6.07) is 21.8. The summed E-state index contributed by atoms with van der Waals surface area (Å²) in [5, 5.41) is 4.80. The predicted molar refractivity (Wildman–Crippen MR) is 159 cm³/mol. The molecule has 1 aromatic heterocycles. The van der Waals surface area contributed by atoms with Gasteiger partial charge in [0.25, 0.3) is 0 Å². The first-order valence-corrected chi connectivity index (χ1v) is 14.3. The lowest BCUT2D eigenvalue weighted by Gasteiger charge is -2.37. The van der Waals surface area contributed by atoms with E-state index in [4.69, 9.17) is 14.8 Å². The van der Waals surface area contributed by atoms with Crippen LogP contribution in [0, 0.1) is 19.7 Å². The molecule has 1 amide bonds. The summed E-state index contributed by atoms with van der Waals surface area (Å²) in [7, 11) is 0. The van der Waals surface area contributed by atoms with E-state index in [0.29, 0.717) is 46.7 Å². The molecular formula is C34H34F2N4O2. The third kappa shape index (κ3) is 4.89. The first-order chi connectivity index (χ1) is 20.0. The van der Waals surface area contributed by atoms with Gasteiger partial charge in [-0.3, -0.25) is 4.90 Å². The van der Waals surface area contributed by atoms with Gasteiger partial charge in [0.15, 0.2) is 12.0 Å². The highest BCUT2D eigenvalue weighted by atomic mass is 19.1. The molecule has 2 aliphatic rings. The van der Waals surface area contributed by atoms with Crippen molar-refractivity contribution < 1.29 is 18.3 Å². The highest BCUT2D eigenvalue weighted by molar-refractivity contribution is 6.14. The van der Waals surface area contributed by atoms with E-state index >= 15 is 4.39 Å². The van der Waals surface area contributed by atoms with Gasteiger partial charge in [0, 0.05) is 16.7 Å². The minimum Gasteiger partial charge on any atom is -0.444 e. The molecule has 1 fully saturated rings. The maximum absolute atomic E-state index is 16.4. The molecule has 3 atom stereocenters. The Labute approximate surface area is 244 Å². The van der Waals surface area contributed by atoms with Crippen molar-refractivity contribution in [2.24, 2.45) is 4.99 Å². The van der Waals surface area contributed by atoms with Gasteiger partial charge >= 0.3 is 6.09 Å². The summed E-state index contributed by atoms with van der Waals surface area (Å²) in [6.07, 6.45) is -1.03. The average molecular weight is 569 g/mol. The number of halogens is 2.